The zero-order chi connectivity index (χ0) is 11.3. The third-order valence-corrected chi connectivity index (χ3v) is 2.52. The van der Waals surface area contributed by atoms with Gasteiger partial charge >= 0.3 is 0 Å². The van der Waals surface area contributed by atoms with Gasteiger partial charge in [0.2, 0.25) is 0 Å². The molecule has 15 heavy (non-hydrogen) atoms. The summed E-state index contributed by atoms with van der Waals surface area (Å²) >= 11 is 0. The average molecular weight is 208 g/mol. The van der Waals surface area contributed by atoms with Crippen molar-refractivity contribution >= 4 is 11.6 Å². The predicted molar refractivity (Wildman–Crippen MR) is 64.0 cm³/mol. The van der Waals surface area contributed by atoms with Crippen molar-refractivity contribution in [3.63, 3.8) is 0 Å². The number of aromatic nitrogens is 2. The lowest BCUT2D eigenvalue weighted by Gasteiger charge is -2.20. The highest BCUT2D eigenvalue weighted by Gasteiger charge is 2.10. The molecule has 4 heteroatoms. The van der Waals surface area contributed by atoms with Crippen molar-refractivity contribution in [3.05, 3.63) is 11.9 Å². The molecule has 0 saturated carbocycles. The van der Waals surface area contributed by atoms with Crippen LogP contribution in [0.2, 0.25) is 0 Å². The normalized spacial score (nSPS) is 10.3. The van der Waals surface area contributed by atoms with Gasteiger partial charge in [0.25, 0.3) is 0 Å². The maximum absolute atomic E-state index is 5.82. The number of hydrogen-bond acceptors (Lipinski definition) is 4. The Bertz CT molecular complexity index is 311. The van der Waals surface area contributed by atoms with Gasteiger partial charge in [-0.25, -0.2) is 9.97 Å². The Morgan fingerprint density at radius 3 is 2.67 bits per heavy atom. The van der Waals surface area contributed by atoms with Gasteiger partial charge in [0, 0.05) is 19.2 Å². The standard InChI is InChI=1S/C11H20N4/c1-4-6-7-15(3)11-9(5-2)10(12)13-8-14-11/h8H,4-7H2,1-3H3,(H2,12,13,14). The van der Waals surface area contributed by atoms with E-state index >= 15 is 0 Å². The second-order valence-corrected chi connectivity index (χ2v) is 3.69. The van der Waals surface area contributed by atoms with Crippen molar-refractivity contribution in [2.45, 2.75) is 33.1 Å². The molecule has 0 amide bonds. The maximum atomic E-state index is 5.82. The monoisotopic (exact) mass is 208 g/mol. The molecule has 0 aliphatic heterocycles. The molecule has 1 aromatic heterocycles. The Morgan fingerprint density at radius 1 is 1.33 bits per heavy atom. The van der Waals surface area contributed by atoms with Gasteiger partial charge < -0.3 is 10.6 Å². The van der Waals surface area contributed by atoms with E-state index in [1.54, 1.807) is 0 Å². The topological polar surface area (TPSA) is 55.0 Å². The van der Waals surface area contributed by atoms with Crippen LogP contribution in [0.4, 0.5) is 11.6 Å². The highest BCUT2D eigenvalue weighted by molar-refractivity contribution is 5.56. The third kappa shape index (κ3) is 2.81. The number of anilines is 2. The number of nitrogen functional groups attached to an aromatic ring is 1. The summed E-state index contributed by atoms with van der Waals surface area (Å²) in [5.41, 5.74) is 6.87. The van der Waals surface area contributed by atoms with Crippen molar-refractivity contribution in [2.75, 3.05) is 24.2 Å². The minimum Gasteiger partial charge on any atom is -0.383 e. The van der Waals surface area contributed by atoms with Gasteiger partial charge in [-0.1, -0.05) is 20.3 Å². The number of nitrogens with zero attached hydrogens (tertiary/aromatic N) is 3. The fourth-order valence-corrected chi connectivity index (χ4v) is 1.59. The van der Waals surface area contributed by atoms with Crippen LogP contribution in [0.1, 0.15) is 32.3 Å². The molecule has 0 bridgehead atoms. The van der Waals surface area contributed by atoms with Crippen LogP contribution in [0.5, 0.6) is 0 Å². The quantitative estimate of drug-likeness (QED) is 0.802. The van der Waals surface area contributed by atoms with E-state index in [0.717, 1.165) is 24.3 Å². The Hall–Kier alpha value is -1.32. The molecule has 84 valence electrons. The molecule has 1 heterocycles. The third-order valence-electron chi connectivity index (χ3n) is 2.52. The SMILES string of the molecule is CCCCN(C)c1ncnc(N)c1CC. The Kier molecular flexibility index (Phi) is 4.34. The second-order valence-electron chi connectivity index (χ2n) is 3.69. The van der Waals surface area contributed by atoms with E-state index in [1.807, 2.05) is 0 Å². The van der Waals surface area contributed by atoms with E-state index in [2.05, 4.69) is 35.8 Å². The summed E-state index contributed by atoms with van der Waals surface area (Å²) in [6.07, 6.45) is 4.76. The Morgan fingerprint density at radius 2 is 2.07 bits per heavy atom. The Balaban J connectivity index is 2.87. The second kappa shape index (κ2) is 5.53. The van der Waals surface area contributed by atoms with Crippen molar-refractivity contribution in [3.8, 4) is 0 Å². The molecule has 1 rings (SSSR count). The van der Waals surface area contributed by atoms with Crippen LogP contribution in [-0.2, 0) is 6.42 Å². The van der Waals surface area contributed by atoms with Crippen LogP contribution in [-0.4, -0.2) is 23.6 Å². The van der Waals surface area contributed by atoms with E-state index in [9.17, 15) is 0 Å². The highest BCUT2D eigenvalue weighted by Crippen LogP contribution is 2.20. The summed E-state index contributed by atoms with van der Waals surface area (Å²) in [5, 5.41) is 0. The smallest absolute Gasteiger partial charge is 0.137 e. The van der Waals surface area contributed by atoms with Crippen LogP contribution < -0.4 is 10.6 Å². The van der Waals surface area contributed by atoms with Gasteiger partial charge in [-0.05, 0) is 12.8 Å². The van der Waals surface area contributed by atoms with Crippen molar-refractivity contribution in [2.24, 2.45) is 0 Å². The lowest BCUT2D eigenvalue weighted by molar-refractivity contribution is 0.754. The van der Waals surface area contributed by atoms with E-state index in [0.29, 0.717) is 5.82 Å². The summed E-state index contributed by atoms with van der Waals surface area (Å²) in [6.45, 7) is 5.27. The number of unbranched alkanes of at least 4 members (excludes halogenated alkanes) is 1. The van der Waals surface area contributed by atoms with Crippen molar-refractivity contribution < 1.29 is 0 Å². The van der Waals surface area contributed by atoms with Crippen LogP contribution in [0.3, 0.4) is 0 Å². The molecule has 2 N–H and O–H groups in total. The molecular formula is C11H20N4. The van der Waals surface area contributed by atoms with Crippen molar-refractivity contribution in [1.82, 2.24) is 9.97 Å². The number of rotatable bonds is 5. The summed E-state index contributed by atoms with van der Waals surface area (Å²) < 4.78 is 0. The molecular weight excluding hydrogens is 188 g/mol. The molecule has 0 aliphatic carbocycles. The van der Waals surface area contributed by atoms with Gasteiger partial charge in [0.15, 0.2) is 0 Å². The summed E-state index contributed by atoms with van der Waals surface area (Å²) in [5.74, 6) is 1.57. The van der Waals surface area contributed by atoms with Crippen LogP contribution in [0.15, 0.2) is 6.33 Å². The first kappa shape index (κ1) is 11.8. The van der Waals surface area contributed by atoms with E-state index < -0.39 is 0 Å². The molecule has 0 aromatic carbocycles. The number of hydrogen-bond donors (Lipinski definition) is 1. The van der Waals surface area contributed by atoms with Gasteiger partial charge in [-0.2, -0.15) is 0 Å². The summed E-state index contributed by atoms with van der Waals surface area (Å²) in [7, 11) is 2.05. The molecule has 0 saturated heterocycles. The average Bonchev–Trinajstić information content (AvgIpc) is 2.25. The maximum Gasteiger partial charge on any atom is 0.137 e. The van der Waals surface area contributed by atoms with Crippen molar-refractivity contribution in [1.29, 1.82) is 0 Å². The zero-order valence-electron chi connectivity index (χ0n) is 9.82. The first-order valence-electron chi connectivity index (χ1n) is 5.51. The van der Waals surface area contributed by atoms with E-state index in [4.69, 9.17) is 5.73 Å². The molecule has 4 nitrogen and oxygen atoms in total. The molecule has 0 unspecified atom stereocenters. The molecule has 0 aliphatic rings. The summed E-state index contributed by atoms with van der Waals surface area (Å²) in [6, 6.07) is 0. The lowest BCUT2D eigenvalue weighted by Crippen LogP contribution is -2.22. The first-order valence-corrected chi connectivity index (χ1v) is 5.51. The van der Waals surface area contributed by atoms with E-state index in [1.165, 1.54) is 19.2 Å². The zero-order valence-corrected chi connectivity index (χ0v) is 9.82. The fourth-order valence-electron chi connectivity index (χ4n) is 1.59. The molecule has 0 fully saturated rings. The molecule has 0 atom stereocenters. The predicted octanol–water partition coefficient (Wildman–Crippen LogP) is 1.86. The number of nitrogens with two attached hydrogens (primary N) is 1. The molecule has 0 radical (unpaired) electrons. The van der Waals surface area contributed by atoms with E-state index in [-0.39, 0.29) is 0 Å². The molecule has 1 aromatic rings. The van der Waals surface area contributed by atoms with Gasteiger partial charge in [0.05, 0.1) is 0 Å². The fraction of sp³-hybridized carbons (Fsp3) is 0.636. The largest absolute Gasteiger partial charge is 0.383 e. The minimum absolute atomic E-state index is 0.603. The minimum atomic E-state index is 0.603. The Labute approximate surface area is 91.5 Å². The lowest BCUT2D eigenvalue weighted by atomic mass is 10.2. The molecule has 0 spiro atoms. The van der Waals surface area contributed by atoms with Crippen LogP contribution in [0.25, 0.3) is 0 Å². The van der Waals surface area contributed by atoms with Gasteiger partial charge in [-0.3, -0.25) is 0 Å². The van der Waals surface area contributed by atoms with Gasteiger partial charge in [-0.15, -0.1) is 0 Å². The first-order chi connectivity index (χ1) is 7.20. The van der Waals surface area contributed by atoms with Crippen LogP contribution in [0, 0.1) is 0 Å². The van der Waals surface area contributed by atoms with Crippen LogP contribution >= 0.6 is 0 Å². The highest BCUT2D eigenvalue weighted by atomic mass is 15.2. The summed E-state index contributed by atoms with van der Waals surface area (Å²) in [4.78, 5) is 10.5. The van der Waals surface area contributed by atoms with Gasteiger partial charge in [0.1, 0.15) is 18.0 Å².